The number of aromatic nitrogens is 3. The first kappa shape index (κ1) is 19.0. The van der Waals surface area contributed by atoms with Crippen LogP contribution >= 0.6 is 23.4 Å². The molecule has 3 rings (SSSR count). The molecular formula is C17H20ClFN4O2S. The van der Waals surface area contributed by atoms with Crippen molar-refractivity contribution in [2.24, 2.45) is 7.05 Å². The van der Waals surface area contributed by atoms with Crippen LogP contribution in [0.15, 0.2) is 23.4 Å². The highest BCUT2D eigenvalue weighted by atomic mass is 35.5. The van der Waals surface area contributed by atoms with Gasteiger partial charge in [0.1, 0.15) is 18.2 Å². The van der Waals surface area contributed by atoms with Gasteiger partial charge >= 0.3 is 0 Å². The summed E-state index contributed by atoms with van der Waals surface area (Å²) in [5, 5.41) is 12.0. The molecule has 0 atom stereocenters. The first-order valence-electron chi connectivity index (χ1n) is 8.41. The summed E-state index contributed by atoms with van der Waals surface area (Å²) < 4.78 is 20.4. The lowest BCUT2D eigenvalue weighted by Gasteiger charge is -2.11. The molecule has 0 bridgehead atoms. The van der Waals surface area contributed by atoms with E-state index < -0.39 is 5.82 Å². The summed E-state index contributed by atoms with van der Waals surface area (Å²) in [6.07, 6.45) is 4.49. The summed E-state index contributed by atoms with van der Waals surface area (Å²) in [5.41, 5.74) is 0. The molecule has 0 spiro atoms. The number of benzene rings is 1. The largest absolute Gasteiger partial charge is 0.484 e. The number of carbonyl (C=O) groups excluding carboxylic acids is 1. The summed E-state index contributed by atoms with van der Waals surface area (Å²) in [5.74, 6) is 0.856. The highest BCUT2D eigenvalue weighted by molar-refractivity contribution is 7.99. The minimum absolute atomic E-state index is 0.0146. The molecule has 1 aromatic carbocycles. The molecule has 1 N–H and O–H groups in total. The van der Waals surface area contributed by atoms with Crippen molar-refractivity contribution in [1.82, 2.24) is 20.1 Å². The van der Waals surface area contributed by atoms with Gasteiger partial charge in [0.15, 0.2) is 11.0 Å². The van der Waals surface area contributed by atoms with Crippen molar-refractivity contribution in [3.63, 3.8) is 0 Å². The van der Waals surface area contributed by atoms with Gasteiger partial charge in [0.25, 0.3) is 0 Å². The van der Waals surface area contributed by atoms with E-state index in [0.717, 1.165) is 12.8 Å². The molecule has 140 valence electrons. The van der Waals surface area contributed by atoms with Crippen molar-refractivity contribution >= 4 is 29.3 Å². The maximum atomic E-state index is 13.1. The lowest BCUT2D eigenvalue weighted by Crippen LogP contribution is -2.33. The van der Waals surface area contributed by atoms with Gasteiger partial charge in [0, 0.05) is 13.1 Å². The minimum Gasteiger partial charge on any atom is -0.484 e. The van der Waals surface area contributed by atoms with Crippen LogP contribution < -0.4 is 10.1 Å². The maximum Gasteiger partial charge on any atom is 0.230 e. The van der Waals surface area contributed by atoms with Crippen molar-refractivity contribution in [1.29, 1.82) is 0 Å². The summed E-state index contributed by atoms with van der Waals surface area (Å²) in [7, 11) is 1.81. The Morgan fingerprint density at radius 2 is 2.19 bits per heavy atom. The second-order valence-corrected chi connectivity index (χ2v) is 7.51. The molecule has 1 fully saturated rings. The number of rotatable bonds is 7. The Morgan fingerprint density at radius 3 is 2.92 bits per heavy atom. The molecule has 9 heteroatoms. The Morgan fingerprint density at radius 1 is 1.42 bits per heavy atom. The molecule has 26 heavy (non-hydrogen) atoms. The van der Waals surface area contributed by atoms with Gasteiger partial charge in [-0.3, -0.25) is 4.79 Å². The molecule has 0 unspecified atom stereocenters. The smallest absolute Gasteiger partial charge is 0.230 e. The van der Waals surface area contributed by atoms with Gasteiger partial charge in [-0.2, -0.15) is 0 Å². The molecule has 1 saturated carbocycles. The lowest BCUT2D eigenvalue weighted by molar-refractivity contribution is -0.119. The number of hydrogen-bond acceptors (Lipinski definition) is 5. The van der Waals surface area contributed by atoms with Crippen molar-refractivity contribution < 1.29 is 13.9 Å². The number of ether oxygens (including phenoxy) is 1. The minimum atomic E-state index is -0.421. The van der Waals surface area contributed by atoms with Crippen LogP contribution in [-0.2, 0) is 18.4 Å². The van der Waals surface area contributed by atoms with Crippen LogP contribution in [-0.4, -0.2) is 32.5 Å². The second-order valence-electron chi connectivity index (χ2n) is 6.16. The normalized spacial score (nSPS) is 14.6. The van der Waals surface area contributed by atoms with Crippen LogP contribution in [0.2, 0.25) is 5.02 Å². The van der Waals surface area contributed by atoms with Gasteiger partial charge in [-0.25, -0.2) is 4.39 Å². The van der Waals surface area contributed by atoms with E-state index in [2.05, 4.69) is 15.5 Å². The van der Waals surface area contributed by atoms with E-state index in [4.69, 9.17) is 16.3 Å². The van der Waals surface area contributed by atoms with Crippen molar-refractivity contribution in [3.8, 4) is 5.75 Å². The molecule has 0 aliphatic heterocycles. The molecule has 0 radical (unpaired) electrons. The van der Waals surface area contributed by atoms with E-state index in [1.807, 2.05) is 7.05 Å². The molecule has 1 aromatic heterocycles. The fourth-order valence-electron chi connectivity index (χ4n) is 2.80. The number of nitrogens with zero attached hydrogens (tertiary/aromatic N) is 3. The van der Waals surface area contributed by atoms with Gasteiger partial charge in [-0.05, 0) is 31.0 Å². The number of amides is 1. The molecule has 1 heterocycles. The first-order valence-corrected chi connectivity index (χ1v) is 9.77. The Balaban J connectivity index is 1.51. The van der Waals surface area contributed by atoms with Crippen LogP contribution in [0.25, 0.3) is 0 Å². The first-order chi connectivity index (χ1) is 12.5. The van der Waals surface area contributed by atoms with Crippen LogP contribution in [0, 0.1) is 5.82 Å². The van der Waals surface area contributed by atoms with E-state index >= 15 is 0 Å². The van der Waals surface area contributed by atoms with E-state index in [1.165, 1.54) is 42.8 Å². The summed E-state index contributed by atoms with van der Waals surface area (Å²) in [6, 6.07) is 4.25. The van der Waals surface area contributed by atoms with Crippen LogP contribution in [0.5, 0.6) is 5.75 Å². The summed E-state index contributed by atoms with van der Waals surface area (Å²) in [4.78, 5) is 12.0. The van der Waals surface area contributed by atoms with Crippen molar-refractivity contribution in [2.75, 3.05) is 5.75 Å². The quantitative estimate of drug-likeness (QED) is 0.724. The number of nitrogens with one attached hydrogen (secondary N) is 1. The highest BCUT2D eigenvalue weighted by Gasteiger charge is 2.18. The summed E-state index contributed by atoms with van der Waals surface area (Å²) >= 11 is 7.27. The Bertz CT molecular complexity index is 780. The van der Waals surface area contributed by atoms with Crippen LogP contribution in [0.1, 0.15) is 31.5 Å². The van der Waals surface area contributed by atoms with Gasteiger partial charge < -0.3 is 14.6 Å². The van der Waals surface area contributed by atoms with Crippen molar-refractivity contribution in [2.45, 2.75) is 43.5 Å². The molecular weight excluding hydrogens is 379 g/mol. The van der Waals surface area contributed by atoms with E-state index in [-0.39, 0.29) is 17.5 Å². The average Bonchev–Trinajstić information content (AvgIpc) is 3.23. The van der Waals surface area contributed by atoms with E-state index in [1.54, 1.807) is 4.57 Å². The monoisotopic (exact) mass is 398 g/mol. The zero-order chi connectivity index (χ0) is 18.5. The highest BCUT2D eigenvalue weighted by Crippen LogP contribution is 2.26. The van der Waals surface area contributed by atoms with Crippen LogP contribution in [0.4, 0.5) is 4.39 Å². The van der Waals surface area contributed by atoms with Gasteiger partial charge in [0.2, 0.25) is 5.91 Å². The van der Waals surface area contributed by atoms with Crippen molar-refractivity contribution in [3.05, 3.63) is 34.9 Å². The van der Waals surface area contributed by atoms with Gasteiger partial charge in [-0.15, -0.1) is 10.2 Å². The number of thioether (sulfide) groups is 1. The Kier molecular flexibility index (Phi) is 6.37. The average molecular weight is 399 g/mol. The fourth-order valence-corrected chi connectivity index (χ4v) is 3.76. The zero-order valence-corrected chi connectivity index (χ0v) is 15.9. The Labute approximate surface area is 160 Å². The molecule has 6 nitrogen and oxygen atoms in total. The predicted octanol–water partition coefficient (Wildman–Crippen LogP) is 3.34. The number of hydrogen-bond donors (Lipinski definition) is 1. The molecule has 1 amide bonds. The number of halogens is 2. The van der Waals surface area contributed by atoms with Gasteiger partial charge in [-0.1, -0.05) is 36.2 Å². The SMILES string of the molecule is Cn1c(COc2ccc(F)cc2Cl)nnc1SCC(=O)NC1CCCC1. The Hall–Kier alpha value is -1.80. The van der Waals surface area contributed by atoms with Crippen LogP contribution in [0.3, 0.4) is 0 Å². The topological polar surface area (TPSA) is 69.0 Å². The molecule has 0 saturated heterocycles. The maximum absolute atomic E-state index is 13.1. The molecule has 1 aliphatic rings. The third kappa shape index (κ3) is 4.88. The lowest BCUT2D eigenvalue weighted by atomic mass is 10.2. The summed E-state index contributed by atoms with van der Waals surface area (Å²) in [6.45, 7) is 0.143. The standard InChI is InChI=1S/C17H20ClFN4O2S/c1-23-15(9-25-14-7-6-11(19)8-13(14)18)21-22-17(23)26-10-16(24)20-12-4-2-3-5-12/h6-8,12H,2-5,9-10H2,1H3,(H,20,24). The fraction of sp³-hybridized carbons (Fsp3) is 0.471. The molecule has 2 aromatic rings. The second kappa shape index (κ2) is 8.73. The third-order valence-electron chi connectivity index (χ3n) is 4.23. The van der Waals surface area contributed by atoms with E-state index in [9.17, 15) is 9.18 Å². The number of carbonyl (C=O) groups is 1. The third-order valence-corrected chi connectivity index (χ3v) is 5.54. The zero-order valence-electron chi connectivity index (χ0n) is 14.4. The van der Waals surface area contributed by atoms with E-state index in [0.29, 0.717) is 28.5 Å². The predicted molar refractivity (Wildman–Crippen MR) is 97.9 cm³/mol. The van der Waals surface area contributed by atoms with Gasteiger partial charge in [0.05, 0.1) is 10.8 Å². The molecule has 1 aliphatic carbocycles.